The Kier molecular flexibility index (Phi) is 4.22. The number of rotatable bonds is 4. The summed E-state index contributed by atoms with van der Waals surface area (Å²) in [4.78, 5) is 3.71. The Hall–Kier alpha value is -1.81. The summed E-state index contributed by atoms with van der Waals surface area (Å²) in [6.07, 6.45) is 2.64. The minimum absolute atomic E-state index is 0.306. The van der Waals surface area contributed by atoms with Crippen molar-refractivity contribution in [1.29, 1.82) is 0 Å². The van der Waals surface area contributed by atoms with E-state index in [0.717, 1.165) is 11.8 Å². The highest BCUT2D eigenvalue weighted by molar-refractivity contribution is 5.67. The topological polar surface area (TPSA) is 24.9 Å². The van der Waals surface area contributed by atoms with Gasteiger partial charge in [0.1, 0.15) is 11.6 Å². The number of nitrogens with one attached hydrogen (secondary N) is 1. The normalized spacial score (nSPS) is 11.0. The molecule has 1 aromatic carbocycles. The van der Waals surface area contributed by atoms with E-state index in [-0.39, 0.29) is 5.82 Å². The molecule has 0 bridgehead atoms. The molecule has 0 aliphatic rings. The van der Waals surface area contributed by atoms with Crippen LogP contribution < -0.4 is 5.32 Å². The lowest BCUT2D eigenvalue weighted by Crippen LogP contribution is -2.22. The van der Waals surface area contributed by atoms with Crippen LogP contribution in [0.1, 0.15) is 19.4 Å². The van der Waals surface area contributed by atoms with Crippen LogP contribution in [0.15, 0.2) is 36.7 Å². The van der Waals surface area contributed by atoms with Crippen molar-refractivity contribution in [3.8, 4) is 11.1 Å². The van der Waals surface area contributed by atoms with Crippen molar-refractivity contribution < 1.29 is 8.78 Å². The zero-order valence-corrected chi connectivity index (χ0v) is 11.0. The number of halogens is 2. The molecule has 2 nitrogen and oxygen atoms in total. The van der Waals surface area contributed by atoms with Gasteiger partial charge in [0.25, 0.3) is 0 Å². The maximum atomic E-state index is 13.8. The van der Waals surface area contributed by atoms with Gasteiger partial charge in [-0.1, -0.05) is 19.9 Å². The van der Waals surface area contributed by atoms with Gasteiger partial charge in [-0.25, -0.2) is 8.78 Å². The molecular formula is C15H16F2N2. The summed E-state index contributed by atoms with van der Waals surface area (Å²) in [6.45, 7) is 4.61. The maximum Gasteiger partial charge on any atom is 0.149 e. The van der Waals surface area contributed by atoms with E-state index in [2.05, 4.69) is 10.3 Å². The first kappa shape index (κ1) is 13.6. The standard InChI is InChI=1S/C15H16F2N2/c1-10(2)19-8-11-3-4-12(16)7-14(11)13-5-6-18-9-15(13)17/h3-7,9-10,19H,8H2,1-2H3. The third-order valence-corrected chi connectivity index (χ3v) is 2.84. The lowest BCUT2D eigenvalue weighted by atomic mass is 10.00. The minimum Gasteiger partial charge on any atom is -0.310 e. The van der Waals surface area contributed by atoms with Crippen molar-refractivity contribution in [2.45, 2.75) is 26.4 Å². The SMILES string of the molecule is CC(C)NCc1ccc(F)cc1-c1ccncc1F. The van der Waals surface area contributed by atoms with Crippen molar-refractivity contribution in [2.75, 3.05) is 0 Å². The quantitative estimate of drug-likeness (QED) is 0.911. The molecule has 0 unspecified atom stereocenters. The Morgan fingerprint density at radius 3 is 2.63 bits per heavy atom. The molecular weight excluding hydrogens is 246 g/mol. The van der Waals surface area contributed by atoms with Crippen molar-refractivity contribution in [3.63, 3.8) is 0 Å². The van der Waals surface area contributed by atoms with E-state index in [1.54, 1.807) is 12.1 Å². The van der Waals surface area contributed by atoms with E-state index >= 15 is 0 Å². The van der Waals surface area contributed by atoms with Crippen LogP contribution >= 0.6 is 0 Å². The largest absolute Gasteiger partial charge is 0.310 e. The molecule has 1 heterocycles. The molecule has 0 saturated heterocycles. The van der Waals surface area contributed by atoms with E-state index in [0.29, 0.717) is 23.7 Å². The number of benzene rings is 1. The van der Waals surface area contributed by atoms with Gasteiger partial charge < -0.3 is 5.32 Å². The van der Waals surface area contributed by atoms with Crippen LogP contribution in [0.4, 0.5) is 8.78 Å². The average molecular weight is 262 g/mol. The van der Waals surface area contributed by atoms with Crippen LogP contribution in [-0.4, -0.2) is 11.0 Å². The summed E-state index contributed by atoms with van der Waals surface area (Å²) in [5.41, 5.74) is 1.79. The van der Waals surface area contributed by atoms with E-state index in [9.17, 15) is 8.78 Å². The van der Waals surface area contributed by atoms with Crippen LogP contribution in [0, 0.1) is 11.6 Å². The molecule has 4 heteroatoms. The molecule has 0 spiro atoms. The predicted octanol–water partition coefficient (Wildman–Crippen LogP) is 3.52. The van der Waals surface area contributed by atoms with Crippen molar-refractivity contribution >= 4 is 0 Å². The minimum atomic E-state index is -0.445. The van der Waals surface area contributed by atoms with Crippen LogP contribution in [0.25, 0.3) is 11.1 Å². The molecule has 0 radical (unpaired) electrons. The highest BCUT2D eigenvalue weighted by atomic mass is 19.1. The monoisotopic (exact) mass is 262 g/mol. The molecule has 19 heavy (non-hydrogen) atoms. The van der Waals surface area contributed by atoms with E-state index in [4.69, 9.17) is 0 Å². The molecule has 1 aromatic heterocycles. The number of hydrogen-bond acceptors (Lipinski definition) is 2. The second kappa shape index (κ2) is 5.89. The van der Waals surface area contributed by atoms with Crippen molar-refractivity contribution in [3.05, 3.63) is 53.9 Å². The van der Waals surface area contributed by atoms with Gasteiger partial charge in [-0.3, -0.25) is 4.98 Å². The summed E-state index contributed by atoms with van der Waals surface area (Å²) in [5, 5.41) is 3.25. The fourth-order valence-corrected chi connectivity index (χ4v) is 1.86. The van der Waals surface area contributed by atoms with Gasteiger partial charge in [0, 0.05) is 24.3 Å². The van der Waals surface area contributed by atoms with Crippen LogP contribution in [0.5, 0.6) is 0 Å². The van der Waals surface area contributed by atoms with Crippen LogP contribution in [0.3, 0.4) is 0 Å². The summed E-state index contributed by atoms with van der Waals surface area (Å²) in [6, 6.07) is 6.29. The van der Waals surface area contributed by atoms with Crippen LogP contribution in [0.2, 0.25) is 0 Å². The molecule has 0 fully saturated rings. The smallest absolute Gasteiger partial charge is 0.149 e. The molecule has 100 valence electrons. The fourth-order valence-electron chi connectivity index (χ4n) is 1.86. The van der Waals surface area contributed by atoms with E-state index in [1.807, 2.05) is 13.8 Å². The van der Waals surface area contributed by atoms with Gasteiger partial charge in [0.15, 0.2) is 0 Å². The van der Waals surface area contributed by atoms with Crippen molar-refractivity contribution in [1.82, 2.24) is 10.3 Å². The molecule has 0 atom stereocenters. The third-order valence-electron chi connectivity index (χ3n) is 2.84. The summed E-state index contributed by atoms with van der Waals surface area (Å²) in [5.74, 6) is -0.821. The van der Waals surface area contributed by atoms with Gasteiger partial charge in [0.05, 0.1) is 6.20 Å². The molecule has 0 aliphatic heterocycles. The molecule has 2 aromatic rings. The lowest BCUT2D eigenvalue weighted by molar-refractivity contribution is 0.586. The molecule has 1 N–H and O–H groups in total. The van der Waals surface area contributed by atoms with E-state index in [1.165, 1.54) is 18.3 Å². The maximum absolute atomic E-state index is 13.8. The Bertz CT molecular complexity index is 568. The third kappa shape index (κ3) is 3.35. The first-order chi connectivity index (χ1) is 9.08. The van der Waals surface area contributed by atoms with Gasteiger partial charge in [0.2, 0.25) is 0 Å². The number of hydrogen-bond donors (Lipinski definition) is 1. The Labute approximate surface area is 111 Å². The van der Waals surface area contributed by atoms with E-state index < -0.39 is 5.82 Å². The van der Waals surface area contributed by atoms with Gasteiger partial charge in [-0.05, 0) is 29.3 Å². The van der Waals surface area contributed by atoms with Gasteiger partial charge in [-0.15, -0.1) is 0 Å². The second-order valence-electron chi connectivity index (χ2n) is 4.69. The highest BCUT2D eigenvalue weighted by Crippen LogP contribution is 2.26. The first-order valence-electron chi connectivity index (χ1n) is 6.19. The summed E-state index contributed by atoms with van der Waals surface area (Å²) < 4.78 is 27.2. The molecule has 0 amide bonds. The van der Waals surface area contributed by atoms with Crippen molar-refractivity contribution in [2.24, 2.45) is 0 Å². The number of nitrogens with zero attached hydrogens (tertiary/aromatic N) is 1. The highest BCUT2D eigenvalue weighted by Gasteiger charge is 2.11. The van der Waals surface area contributed by atoms with Gasteiger partial charge in [-0.2, -0.15) is 0 Å². The first-order valence-corrected chi connectivity index (χ1v) is 6.19. The Morgan fingerprint density at radius 1 is 1.16 bits per heavy atom. The molecule has 2 rings (SSSR count). The lowest BCUT2D eigenvalue weighted by Gasteiger charge is -2.13. The fraction of sp³-hybridized carbons (Fsp3) is 0.267. The van der Waals surface area contributed by atoms with Gasteiger partial charge >= 0.3 is 0 Å². The number of pyridine rings is 1. The Balaban J connectivity index is 2.43. The summed E-state index contributed by atoms with van der Waals surface area (Å²) >= 11 is 0. The average Bonchev–Trinajstić information content (AvgIpc) is 2.37. The van der Waals surface area contributed by atoms with Crippen LogP contribution in [-0.2, 0) is 6.54 Å². The number of aromatic nitrogens is 1. The molecule has 0 saturated carbocycles. The Morgan fingerprint density at radius 2 is 1.95 bits per heavy atom. The second-order valence-corrected chi connectivity index (χ2v) is 4.69. The zero-order chi connectivity index (χ0) is 13.8. The molecule has 0 aliphatic carbocycles. The predicted molar refractivity (Wildman–Crippen MR) is 71.6 cm³/mol. The zero-order valence-electron chi connectivity index (χ0n) is 11.0. The summed E-state index contributed by atoms with van der Waals surface area (Å²) in [7, 11) is 0.